The summed E-state index contributed by atoms with van der Waals surface area (Å²) in [4.78, 5) is 12.5. The Morgan fingerprint density at radius 2 is 2.11 bits per heavy atom. The van der Waals surface area contributed by atoms with Crippen LogP contribution in [-0.2, 0) is 4.79 Å². The third-order valence-electron chi connectivity index (χ3n) is 4.21. The summed E-state index contributed by atoms with van der Waals surface area (Å²) < 4.78 is 0. The van der Waals surface area contributed by atoms with E-state index in [1.54, 1.807) is 0 Å². The van der Waals surface area contributed by atoms with Gasteiger partial charge in [-0.05, 0) is 45.2 Å². The molecule has 1 aliphatic rings. The Kier molecular flexibility index (Phi) is 4.25. The zero-order valence-electron chi connectivity index (χ0n) is 12.1. The van der Waals surface area contributed by atoms with E-state index < -0.39 is 0 Å². The fourth-order valence-electron chi connectivity index (χ4n) is 2.74. The molecule has 2 rings (SSSR count). The smallest absolute Gasteiger partial charge is 0.240 e. The van der Waals surface area contributed by atoms with E-state index in [1.807, 2.05) is 6.92 Å². The van der Waals surface area contributed by atoms with Crippen LogP contribution in [0.3, 0.4) is 0 Å². The largest absolute Gasteiger partial charge is 0.348 e. The fraction of sp³-hybridized carbons (Fsp3) is 0.562. The van der Waals surface area contributed by atoms with Gasteiger partial charge in [0.1, 0.15) is 0 Å². The molecule has 3 heteroatoms. The van der Waals surface area contributed by atoms with Crippen molar-refractivity contribution in [1.82, 2.24) is 10.6 Å². The van der Waals surface area contributed by atoms with Gasteiger partial charge in [-0.3, -0.25) is 4.79 Å². The van der Waals surface area contributed by atoms with Gasteiger partial charge in [-0.25, -0.2) is 0 Å². The molecule has 1 aromatic rings. The number of benzene rings is 1. The van der Waals surface area contributed by atoms with E-state index in [1.165, 1.54) is 5.56 Å². The Labute approximate surface area is 115 Å². The molecule has 0 aromatic heterocycles. The van der Waals surface area contributed by atoms with Gasteiger partial charge in [0.25, 0.3) is 0 Å². The maximum atomic E-state index is 12.5. The van der Waals surface area contributed by atoms with Crippen molar-refractivity contribution in [3.63, 3.8) is 0 Å². The Morgan fingerprint density at radius 1 is 1.42 bits per heavy atom. The highest BCUT2D eigenvalue weighted by atomic mass is 16.2. The summed E-state index contributed by atoms with van der Waals surface area (Å²) in [6, 6.07) is 8.39. The highest BCUT2D eigenvalue weighted by Crippen LogP contribution is 2.24. The van der Waals surface area contributed by atoms with Gasteiger partial charge in [0.05, 0.1) is 11.6 Å². The molecule has 2 atom stereocenters. The molecule has 2 N–H and O–H groups in total. The van der Waals surface area contributed by atoms with E-state index in [0.717, 1.165) is 31.4 Å². The van der Waals surface area contributed by atoms with Crippen LogP contribution in [0.2, 0.25) is 0 Å². The summed E-state index contributed by atoms with van der Waals surface area (Å²) in [5, 5.41) is 6.52. The second-order valence-corrected chi connectivity index (χ2v) is 5.57. The lowest BCUT2D eigenvalue weighted by atomic mass is 9.92. The van der Waals surface area contributed by atoms with Crippen molar-refractivity contribution in [2.24, 2.45) is 0 Å². The third-order valence-corrected chi connectivity index (χ3v) is 4.21. The molecule has 1 fully saturated rings. The summed E-state index contributed by atoms with van der Waals surface area (Å²) in [7, 11) is 0. The lowest BCUT2D eigenvalue weighted by Gasteiger charge is -2.28. The lowest BCUT2D eigenvalue weighted by Crippen LogP contribution is -2.53. The number of nitrogens with one attached hydrogen (secondary N) is 2. The maximum Gasteiger partial charge on any atom is 0.240 e. The molecule has 1 aliphatic heterocycles. The molecule has 1 saturated heterocycles. The molecule has 19 heavy (non-hydrogen) atoms. The van der Waals surface area contributed by atoms with Crippen LogP contribution in [0.1, 0.15) is 50.3 Å². The van der Waals surface area contributed by atoms with Gasteiger partial charge in [-0.15, -0.1) is 0 Å². The minimum absolute atomic E-state index is 0.0546. The van der Waals surface area contributed by atoms with Gasteiger partial charge in [-0.2, -0.15) is 0 Å². The van der Waals surface area contributed by atoms with Crippen molar-refractivity contribution >= 4 is 5.91 Å². The summed E-state index contributed by atoms with van der Waals surface area (Å²) in [6.45, 7) is 7.14. The Morgan fingerprint density at radius 3 is 2.63 bits per heavy atom. The second kappa shape index (κ2) is 5.74. The minimum Gasteiger partial charge on any atom is -0.348 e. The van der Waals surface area contributed by atoms with Crippen molar-refractivity contribution < 1.29 is 4.79 Å². The molecule has 1 aromatic carbocycles. The second-order valence-electron chi connectivity index (χ2n) is 5.57. The predicted octanol–water partition coefficient (Wildman–Crippen LogP) is 2.70. The number of carbonyl (C=O) groups excluding carboxylic acids is 1. The highest BCUT2D eigenvalue weighted by Gasteiger charge is 2.39. The number of carbonyl (C=O) groups is 1. The van der Waals surface area contributed by atoms with Crippen molar-refractivity contribution in [2.45, 2.75) is 51.6 Å². The molecule has 1 heterocycles. The summed E-state index contributed by atoms with van der Waals surface area (Å²) in [6.07, 6.45) is 2.87. The molecule has 1 amide bonds. The van der Waals surface area contributed by atoms with E-state index in [-0.39, 0.29) is 17.5 Å². The topological polar surface area (TPSA) is 41.1 Å². The monoisotopic (exact) mass is 260 g/mol. The Balaban J connectivity index is 2.04. The zero-order chi connectivity index (χ0) is 13.9. The number of amides is 1. The normalized spacial score (nSPS) is 24.2. The third kappa shape index (κ3) is 2.98. The molecule has 0 spiro atoms. The van der Waals surface area contributed by atoms with Crippen molar-refractivity contribution in [3.8, 4) is 0 Å². The van der Waals surface area contributed by atoms with Gasteiger partial charge in [0.15, 0.2) is 0 Å². The van der Waals surface area contributed by atoms with Gasteiger partial charge in [0, 0.05) is 0 Å². The molecule has 0 radical (unpaired) electrons. The standard InChI is InChI=1S/C16H24N2O/c1-4-16(10-5-11-17-16)15(19)18-13(3)14-8-6-12(2)7-9-14/h6-9,13,17H,4-5,10-11H2,1-3H3,(H,18,19). The molecular weight excluding hydrogens is 236 g/mol. The molecular formula is C16H24N2O. The van der Waals surface area contributed by atoms with Crippen LogP contribution in [0.5, 0.6) is 0 Å². The van der Waals surface area contributed by atoms with E-state index in [4.69, 9.17) is 0 Å². The zero-order valence-corrected chi connectivity index (χ0v) is 12.1. The first-order chi connectivity index (χ1) is 9.07. The van der Waals surface area contributed by atoms with Crippen LogP contribution in [-0.4, -0.2) is 18.0 Å². The predicted molar refractivity (Wildman–Crippen MR) is 78.0 cm³/mol. The lowest BCUT2D eigenvalue weighted by molar-refractivity contribution is -0.128. The van der Waals surface area contributed by atoms with Gasteiger partial charge in [0.2, 0.25) is 5.91 Å². The quantitative estimate of drug-likeness (QED) is 0.874. The Bertz CT molecular complexity index is 433. The number of rotatable bonds is 4. The van der Waals surface area contributed by atoms with Crippen LogP contribution in [0.25, 0.3) is 0 Å². The van der Waals surface area contributed by atoms with Gasteiger partial charge < -0.3 is 10.6 Å². The molecule has 0 bridgehead atoms. The van der Waals surface area contributed by atoms with Crippen molar-refractivity contribution in [3.05, 3.63) is 35.4 Å². The van der Waals surface area contributed by atoms with Crippen LogP contribution in [0, 0.1) is 6.92 Å². The van der Waals surface area contributed by atoms with E-state index in [9.17, 15) is 4.79 Å². The number of hydrogen-bond donors (Lipinski definition) is 2. The summed E-state index contributed by atoms with van der Waals surface area (Å²) in [5.74, 6) is 0.139. The van der Waals surface area contributed by atoms with E-state index in [0.29, 0.717) is 0 Å². The molecule has 2 unspecified atom stereocenters. The first kappa shape index (κ1) is 14.1. The van der Waals surface area contributed by atoms with Gasteiger partial charge >= 0.3 is 0 Å². The Hall–Kier alpha value is -1.35. The number of hydrogen-bond acceptors (Lipinski definition) is 2. The van der Waals surface area contributed by atoms with Crippen LogP contribution >= 0.6 is 0 Å². The van der Waals surface area contributed by atoms with Crippen molar-refractivity contribution in [2.75, 3.05) is 6.54 Å². The summed E-state index contributed by atoms with van der Waals surface area (Å²) >= 11 is 0. The van der Waals surface area contributed by atoms with Gasteiger partial charge in [-0.1, -0.05) is 36.8 Å². The molecule has 0 aliphatic carbocycles. The SMILES string of the molecule is CCC1(C(=O)NC(C)c2ccc(C)cc2)CCCN1. The number of aryl methyl sites for hydroxylation is 1. The van der Waals surface area contributed by atoms with Crippen LogP contribution < -0.4 is 10.6 Å². The molecule has 0 saturated carbocycles. The first-order valence-electron chi connectivity index (χ1n) is 7.20. The molecule has 3 nitrogen and oxygen atoms in total. The minimum atomic E-state index is -0.348. The fourth-order valence-corrected chi connectivity index (χ4v) is 2.74. The first-order valence-corrected chi connectivity index (χ1v) is 7.20. The summed E-state index contributed by atoms with van der Waals surface area (Å²) in [5.41, 5.74) is 2.05. The van der Waals surface area contributed by atoms with Crippen LogP contribution in [0.15, 0.2) is 24.3 Å². The highest BCUT2D eigenvalue weighted by molar-refractivity contribution is 5.87. The maximum absolute atomic E-state index is 12.5. The van der Waals surface area contributed by atoms with E-state index in [2.05, 4.69) is 48.7 Å². The van der Waals surface area contributed by atoms with E-state index >= 15 is 0 Å². The van der Waals surface area contributed by atoms with Crippen molar-refractivity contribution in [1.29, 1.82) is 0 Å². The average Bonchev–Trinajstić information content (AvgIpc) is 2.89. The average molecular weight is 260 g/mol. The van der Waals surface area contributed by atoms with Crippen LogP contribution in [0.4, 0.5) is 0 Å². The molecule has 104 valence electrons.